The van der Waals surface area contributed by atoms with Gasteiger partial charge in [-0.1, -0.05) is 25.1 Å². The molecule has 0 radical (unpaired) electrons. The van der Waals surface area contributed by atoms with Crippen molar-refractivity contribution in [1.82, 2.24) is 19.7 Å². The quantitative estimate of drug-likeness (QED) is 0.473. The maximum atomic E-state index is 5.32. The summed E-state index contributed by atoms with van der Waals surface area (Å²) in [6.07, 6.45) is 5.88. The van der Waals surface area contributed by atoms with Crippen LogP contribution in [0.5, 0.6) is 0 Å². The predicted molar refractivity (Wildman–Crippen MR) is 109 cm³/mol. The number of nitrogens with zero attached hydrogens (tertiary/aromatic N) is 4. The molecule has 0 saturated carbocycles. The molecule has 0 aromatic carbocycles. The second kappa shape index (κ2) is 7.74. The molecule has 0 aliphatic rings. The van der Waals surface area contributed by atoms with E-state index >= 15 is 0 Å². The fraction of sp³-hybridized carbons (Fsp3) is 0.318. The summed E-state index contributed by atoms with van der Waals surface area (Å²) < 4.78 is 7.56. The van der Waals surface area contributed by atoms with Crippen molar-refractivity contribution in [2.24, 2.45) is 0 Å². The molecule has 4 aromatic heterocycles. The summed E-state index contributed by atoms with van der Waals surface area (Å²) >= 11 is 0. The topological polar surface area (TPSA) is 56.7 Å². The molecule has 0 bridgehead atoms. The molecule has 27 heavy (non-hydrogen) atoms. The summed E-state index contributed by atoms with van der Waals surface area (Å²) in [4.78, 5) is 9.21. The van der Waals surface area contributed by atoms with E-state index in [1.165, 1.54) is 0 Å². The molecule has 0 saturated heterocycles. The lowest BCUT2D eigenvalue weighted by Gasteiger charge is -2.15. The van der Waals surface area contributed by atoms with Crippen molar-refractivity contribution in [2.75, 3.05) is 0 Å². The van der Waals surface area contributed by atoms with Crippen molar-refractivity contribution in [3.8, 4) is 11.1 Å². The van der Waals surface area contributed by atoms with E-state index < -0.39 is 0 Å². The maximum absolute atomic E-state index is 5.32. The largest absolute Gasteiger partial charge is 0.361 e. The van der Waals surface area contributed by atoms with Gasteiger partial charge in [0.05, 0.1) is 28.5 Å². The lowest BCUT2D eigenvalue weighted by atomic mass is 10.1. The van der Waals surface area contributed by atoms with Gasteiger partial charge in [0.1, 0.15) is 5.76 Å². The molecule has 0 spiro atoms. The minimum Gasteiger partial charge on any atom is -0.361 e. The van der Waals surface area contributed by atoms with Crippen LogP contribution in [0.15, 0.2) is 47.4 Å². The standard InChI is InChI=1S/C20H20N4O.C2H6/c1-12-11-24(14(3)17-7-5-6-8-21-17)18-9-16(10-22-20(12)18)19-13(2)23-25-15(19)4;1-2/h5-11,14H,1-4H3;1-2H3. The van der Waals surface area contributed by atoms with Crippen molar-refractivity contribution >= 4 is 11.0 Å². The lowest BCUT2D eigenvalue weighted by Crippen LogP contribution is -2.07. The number of hydrogen-bond donors (Lipinski definition) is 0. The minimum atomic E-state index is 0.124. The van der Waals surface area contributed by atoms with Gasteiger partial charge in [0.15, 0.2) is 0 Å². The Kier molecular flexibility index (Phi) is 5.40. The van der Waals surface area contributed by atoms with Gasteiger partial charge < -0.3 is 9.09 Å². The Hall–Kier alpha value is -2.95. The highest BCUT2D eigenvalue weighted by atomic mass is 16.5. The number of rotatable bonds is 3. The monoisotopic (exact) mass is 362 g/mol. The third-order valence-electron chi connectivity index (χ3n) is 4.71. The molecule has 0 fully saturated rings. The molecule has 5 nitrogen and oxygen atoms in total. The molecular formula is C22H26N4O. The van der Waals surface area contributed by atoms with Crippen molar-refractivity contribution in [2.45, 2.75) is 47.6 Å². The average Bonchev–Trinajstić information content (AvgIpc) is 3.22. The van der Waals surface area contributed by atoms with Gasteiger partial charge in [-0.05, 0) is 51.5 Å². The highest BCUT2D eigenvalue weighted by Gasteiger charge is 2.17. The first-order chi connectivity index (χ1) is 13.1. The third-order valence-corrected chi connectivity index (χ3v) is 4.71. The van der Waals surface area contributed by atoms with E-state index in [0.29, 0.717) is 0 Å². The molecule has 0 N–H and O–H groups in total. The van der Waals surface area contributed by atoms with E-state index in [1.807, 2.05) is 52.2 Å². The fourth-order valence-corrected chi connectivity index (χ4v) is 3.41. The SMILES string of the molecule is CC.Cc1noc(C)c1-c1cnc2c(C)cn(C(C)c3ccccn3)c2c1. The summed E-state index contributed by atoms with van der Waals surface area (Å²) in [5, 5.41) is 4.06. The molecule has 4 heterocycles. The fourth-order valence-electron chi connectivity index (χ4n) is 3.41. The molecule has 1 atom stereocenters. The molecular weight excluding hydrogens is 336 g/mol. The summed E-state index contributed by atoms with van der Waals surface area (Å²) in [6.45, 7) is 12.1. The van der Waals surface area contributed by atoms with Crippen LogP contribution < -0.4 is 0 Å². The number of aryl methyl sites for hydroxylation is 3. The summed E-state index contributed by atoms with van der Waals surface area (Å²) in [7, 11) is 0. The van der Waals surface area contributed by atoms with E-state index in [1.54, 1.807) is 0 Å². The van der Waals surface area contributed by atoms with Crippen LogP contribution in [0.3, 0.4) is 0 Å². The smallest absolute Gasteiger partial charge is 0.141 e. The number of aromatic nitrogens is 4. The zero-order valence-corrected chi connectivity index (χ0v) is 16.8. The van der Waals surface area contributed by atoms with Crippen molar-refractivity contribution in [3.63, 3.8) is 0 Å². The Morgan fingerprint density at radius 1 is 1.07 bits per heavy atom. The first-order valence-corrected chi connectivity index (χ1v) is 9.37. The van der Waals surface area contributed by atoms with Gasteiger partial charge >= 0.3 is 0 Å². The molecule has 140 valence electrons. The number of pyridine rings is 2. The highest BCUT2D eigenvalue weighted by Crippen LogP contribution is 2.32. The first-order valence-electron chi connectivity index (χ1n) is 9.37. The number of fused-ring (bicyclic) bond motifs is 1. The summed E-state index contributed by atoms with van der Waals surface area (Å²) in [5.41, 5.74) is 7.21. The van der Waals surface area contributed by atoms with Crippen LogP contribution in [0.2, 0.25) is 0 Å². The molecule has 4 aromatic rings. The third kappa shape index (κ3) is 3.37. The average molecular weight is 362 g/mol. The van der Waals surface area contributed by atoms with Crippen molar-refractivity contribution in [3.05, 3.63) is 65.6 Å². The van der Waals surface area contributed by atoms with Gasteiger partial charge in [0.25, 0.3) is 0 Å². The molecule has 5 heteroatoms. The minimum absolute atomic E-state index is 0.124. The van der Waals surface area contributed by atoms with E-state index in [-0.39, 0.29) is 6.04 Å². The molecule has 1 unspecified atom stereocenters. The zero-order valence-electron chi connectivity index (χ0n) is 16.8. The Labute approximate surface area is 160 Å². The van der Waals surface area contributed by atoms with Crippen LogP contribution >= 0.6 is 0 Å². The Morgan fingerprint density at radius 3 is 2.48 bits per heavy atom. The van der Waals surface area contributed by atoms with Crippen LogP contribution in [0.4, 0.5) is 0 Å². The van der Waals surface area contributed by atoms with Gasteiger partial charge in [-0.25, -0.2) is 0 Å². The van der Waals surface area contributed by atoms with E-state index in [4.69, 9.17) is 9.51 Å². The second-order valence-electron chi connectivity index (χ2n) is 6.44. The van der Waals surface area contributed by atoms with Gasteiger partial charge in [-0.2, -0.15) is 0 Å². The first kappa shape index (κ1) is 18.8. The Bertz CT molecular complexity index is 1030. The van der Waals surface area contributed by atoms with E-state index in [0.717, 1.165) is 44.9 Å². The van der Waals surface area contributed by atoms with Crippen LogP contribution in [0, 0.1) is 20.8 Å². The molecule has 4 rings (SSSR count). The molecule has 0 aliphatic carbocycles. The van der Waals surface area contributed by atoms with E-state index in [2.05, 4.69) is 46.9 Å². The second-order valence-corrected chi connectivity index (χ2v) is 6.44. The maximum Gasteiger partial charge on any atom is 0.141 e. The van der Waals surface area contributed by atoms with Gasteiger partial charge in [-0.15, -0.1) is 0 Å². The normalized spacial score (nSPS) is 11.9. The van der Waals surface area contributed by atoms with Crippen LogP contribution in [0.25, 0.3) is 22.2 Å². The predicted octanol–water partition coefficient (Wildman–Crippen LogP) is 5.65. The lowest BCUT2D eigenvalue weighted by molar-refractivity contribution is 0.393. The van der Waals surface area contributed by atoms with Gasteiger partial charge in [0, 0.05) is 29.7 Å². The number of hydrogen-bond acceptors (Lipinski definition) is 4. The van der Waals surface area contributed by atoms with Crippen LogP contribution in [0.1, 0.15) is 49.5 Å². The van der Waals surface area contributed by atoms with Crippen LogP contribution in [-0.4, -0.2) is 19.7 Å². The highest BCUT2D eigenvalue weighted by molar-refractivity contribution is 5.85. The van der Waals surface area contributed by atoms with E-state index in [9.17, 15) is 0 Å². The Balaban J connectivity index is 0.00000102. The molecule has 0 amide bonds. The van der Waals surface area contributed by atoms with Crippen molar-refractivity contribution < 1.29 is 4.52 Å². The van der Waals surface area contributed by atoms with Gasteiger partial charge in [0.2, 0.25) is 0 Å². The van der Waals surface area contributed by atoms with Gasteiger partial charge in [-0.3, -0.25) is 9.97 Å². The summed E-state index contributed by atoms with van der Waals surface area (Å²) in [5.74, 6) is 0.811. The Morgan fingerprint density at radius 2 is 1.85 bits per heavy atom. The zero-order chi connectivity index (χ0) is 19.6. The summed E-state index contributed by atoms with van der Waals surface area (Å²) in [6, 6.07) is 8.30. The van der Waals surface area contributed by atoms with Crippen molar-refractivity contribution in [1.29, 1.82) is 0 Å². The molecule has 0 aliphatic heterocycles. The van der Waals surface area contributed by atoms with Crippen LogP contribution in [-0.2, 0) is 0 Å².